The van der Waals surface area contributed by atoms with Gasteiger partial charge in [0, 0.05) is 25.1 Å². The van der Waals surface area contributed by atoms with Crippen LogP contribution in [0.1, 0.15) is 17.5 Å². The van der Waals surface area contributed by atoms with E-state index in [2.05, 4.69) is 16.4 Å². The Labute approximate surface area is 95.2 Å². The molecule has 1 aromatic carbocycles. The number of nitrogens with zero attached hydrogens (tertiary/aromatic N) is 1. The lowest BCUT2D eigenvalue weighted by atomic mass is 10.1. The summed E-state index contributed by atoms with van der Waals surface area (Å²) < 4.78 is 0. The molecule has 0 aliphatic carbocycles. The van der Waals surface area contributed by atoms with E-state index in [-0.39, 0.29) is 5.84 Å². The van der Waals surface area contributed by atoms with E-state index in [1.165, 1.54) is 0 Å². The lowest BCUT2D eigenvalue weighted by Crippen LogP contribution is -2.16. The van der Waals surface area contributed by atoms with E-state index in [0.29, 0.717) is 18.5 Å². The minimum absolute atomic E-state index is 0.116. The van der Waals surface area contributed by atoms with Crippen LogP contribution in [-0.2, 0) is 6.54 Å². The molecule has 0 saturated heterocycles. The van der Waals surface area contributed by atoms with Crippen molar-refractivity contribution in [3.63, 3.8) is 0 Å². The molecule has 0 saturated carbocycles. The molecule has 0 unspecified atom stereocenters. The van der Waals surface area contributed by atoms with Crippen LogP contribution < -0.4 is 11.1 Å². The highest BCUT2D eigenvalue weighted by Crippen LogP contribution is 2.04. The summed E-state index contributed by atoms with van der Waals surface area (Å²) in [5.74, 6) is 2.67. The van der Waals surface area contributed by atoms with Gasteiger partial charge < -0.3 is 16.3 Å². The molecule has 1 aromatic rings. The molecule has 0 fully saturated rings. The Balaban J connectivity index is 2.58. The van der Waals surface area contributed by atoms with Gasteiger partial charge in [-0.3, -0.25) is 0 Å². The Kier molecular flexibility index (Phi) is 4.90. The Morgan fingerprint density at radius 3 is 3.06 bits per heavy atom. The van der Waals surface area contributed by atoms with Gasteiger partial charge >= 0.3 is 0 Å². The third-order valence-electron chi connectivity index (χ3n) is 2.11. The molecule has 16 heavy (non-hydrogen) atoms. The molecule has 4 nitrogen and oxygen atoms in total. The fourth-order valence-electron chi connectivity index (χ4n) is 1.29. The second-order valence-electron chi connectivity index (χ2n) is 3.32. The number of nitrogens with one attached hydrogen (secondary N) is 1. The first-order chi connectivity index (χ1) is 7.77. The zero-order valence-electron chi connectivity index (χ0n) is 8.98. The average molecular weight is 217 g/mol. The monoisotopic (exact) mass is 217 g/mol. The minimum Gasteiger partial charge on any atom is -0.409 e. The van der Waals surface area contributed by atoms with Crippen LogP contribution in [-0.4, -0.2) is 17.6 Å². The highest BCUT2D eigenvalue weighted by atomic mass is 16.4. The molecule has 0 aliphatic rings. The van der Waals surface area contributed by atoms with Gasteiger partial charge in [-0.15, -0.1) is 12.3 Å². The molecule has 0 aliphatic heterocycles. The molecule has 0 spiro atoms. The van der Waals surface area contributed by atoms with Crippen LogP contribution in [0.4, 0.5) is 0 Å². The van der Waals surface area contributed by atoms with E-state index >= 15 is 0 Å². The van der Waals surface area contributed by atoms with Crippen molar-refractivity contribution in [1.82, 2.24) is 5.32 Å². The van der Waals surface area contributed by atoms with Crippen molar-refractivity contribution in [3.8, 4) is 12.3 Å². The normalized spacial score (nSPS) is 11.1. The maximum Gasteiger partial charge on any atom is 0.170 e. The van der Waals surface area contributed by atoms with E-state index in [9.17, 15) is 0 Å². The Morgan fingerprint density at radius 2 is 2.38 bits per heavy atom. The number of amidine groups is 1. The van der Waals surface area contributed by atoms with Crippen LogP contribution in [0.3, 0.4) is 0 Å². The third kappa shape index (κ3) is 3.64. The van der Waals surface area contributed by atoms with E-state index in [0.717, 1.165) is 12.1 Å². The van der Waals surface area contributed by atoms with Crippen molar-refractivity contribution in [2.24, 2.45) is 10.9 Å². The predicted molar refractivity (Wildman–Crippen MR) is 64.1 cm³/mol. The number of hydrogen-bond donors (Lipinski definition) is 3. The van der Waals surface area contributed by atoms with Gasteiger partial charge in [0.15, 0.2) is 5.84 Å². The fraction of sp³-hybridized carbons (Fsp3) is 0.250. The largest absolute Gasteiger partial charge is 0.409 e. The van der Waals surface area contributed by atoms with Gasteiger partial charge in [0.25, 0.3) is 0 Å². The van der Waals surface area contributed by atoms with Crippen molar-refractivity contribution in [2.45, 2.75) is 13.0 Å². The summed E-state index contributed by atoms with van der Waals surface area (Å²) in [7, 11) is 0. The van der Waals surface area contributed by atoms with Crippen molar-refractivity contribution in [3.05, 3.63) is 35.4 Å². The van der Waals surface area contributed by atoms with Gasteiger partial charge in [-0.2, -0.15) is 0 Å². The molecular weight excluding hydrogens is 202 g/mol. The molecular formula is C12H15N3O. The Bertz CT molecular complexity index is 407. The highest BCUT2D eigenvalue weighted by Gasteiger charge is 1.99. The van der Waals surface area contributed by atoms with Crippen molar-refractivity contribution in [1.29, 1.82) is 0 Å². The van der Waals surface area contributed by atoms with Crippen LogP contribution in [0.5, 0.6) is 0 Å². The smallest absolute Gasteiger partial charge is 0.170 e. The summed E-state index contributed by atoms with van der Waals surface area (Å²) in [6.45, 7) is 1.50. The van der Waals surface area contributed by atoms with Crippen LogP contribution in [0, 0.1) is 12.3 Å². The molecule has 0 amide bonds. The number of hydrogen-bond acceptors (Lipinski definition) is 3. The van der Waals surface area contributed by atoms with E-state index in [1.54, 1.807) is 6.07 Å². The topological polar surface area (TPSA) is 70.6 Å². The van der Waals surface area contributed by atoms with Gasteiger partial charge in [-0.25, -0.2) is 0 Å². The summed E-state index contributed by atoms with van der Waals surface area (Å²) in [5.41, 5.74) is 7.27. The standard InChI is InChI=1S/C12H15N3O/c1-2-3-7-14-9-10-5-4-6-11(8-10)12(13)15-16/h1,4-6,8,14,16H,3,7,9H2,(H2,13,15). The molecule has 0 heterocycles. The van der Waals surface area contributed by atoms with E-state index < -0.39 is 0 Å². The van der Waals surface area contributed by atoms with Gasteiger partial charge in [-0.1, -0.05) is 23.4 Å². The molecule has 0 radical (unpaired) electrons. The molecule has 1 rings (SSSR count). The van der Waals surface area contributed by atoms with Crippen molar-refractivity contribution < 1.29 is 5.21 Å². The highest BCUT2D eigenvalue weighted by molar-refractivity contribution is 5.97. The van der Waals surface area contributed by atoms with E-state index in [1.807, 2.05) is 18.2 Å². The van der Waals surface area contributed by atoms with Gasteiger partial charge in [-0.05, 0) is 11.6 Å². The quantitative estimate of drug-likeness (QED) is 0.171. The summed E-state index contributed by atoms with van der Waals surface area (Å²) in [6.07, 6.45) is 5.85. The first-order valence-electron chi connectivity index (χ1n) is 4.99. The van der Waals surface area contributed by atoms with Gasteiger partial charge in [0.2, 0.25) is 0 Å². The number of oxime groups is 1. The second-order valence-corrected chi connectivity index (χ2v) is 3.32. The summed E-state index contributed by atoms with van der Waals surface area (Å²) in [4.78, 5) is 0. The minimum atomic E-state index is 0.116. The second kappa shape index (κ2) is 6.49. The summed E-state index contributed by atoms with van der Waals surface area (Å²) >= 11 is 0. The summed E-state index contributed by atoms with van der Waals surface area (Å²) in [5, 5.41) is 14.7. The Hall–Kier alpha value is -1.99. The SMILES string of the molecule is C#CCCNCc1cccc(C(N)=NO)c1. The first kappa shape index (κ1) is 12.1. The van der Waals surface area contributed by atoms with Crippen LogP contribution in [0.2, 0.25) is 0 Å². The zero-order chi connectivity index (χ0) is 11.8. The summed E-state index contributed by atoms with van der Waals surface area (Å²) in [6, 6.07) is 7.50. The van der Waals surface area contributed by atoms with Gasteiger partial charge in [0.05, 0.1) is 0 Å². The maximum atomic E-state index is 8.55. The molecule has 4 N–H and O–H groups in total. The third-order valence-corrected chi connectivity index (χ3v) is 2.11. The van der Waals surface area contributed by atoms with Crippen molar-refractivity contribution >= 4 is 5.84 Å². The first-order valence-corrected chi connectivity index (χ1v) is 4.99. The average Bonchev–Trinajstić information content (AvgIpc) is 2.34. The van der Waals surface area contributed by atoms with Crippen LogP contribution >= 0.6 is 0 Å². The molecule has 0 aromatic heterocycles. The van der Waals surface area contributed by atoms with E-state index in [4.69, 9.17) is 17.4 Å². The Morgan fingerprint density at radius 1 is 1.56 bits per heavy atom. The number of terminal acetylenes is 1. The maximum absolute atomic E-state index is 8.55. The molecule has 84 valence electrons. The lowest BCUT2D eigenvalue weighted by molar-refractivity contribution is 0.318. The van der Waals surface area contributed by atoms with Crippen molar-refractivity contribution in [2.75, 3.05) is 6.54 Å². The molecule has 4 heteroatoms. The molecule has 0 atom stereocenters. The molecule has 0 bridgehead atoms. The fourth-order valence-corrected chi connectivity index (χ4v) is 1.29. The van der Waals surface area contributed by atoms with Crippen LogP contribution in [0.15, 0.2) is 29.4 Å². The van der Waals surface area contributed by atoms with Crippen LogP contribution in [0.25, 0.3) is 0 Å². The number of nitrogens with two attached hydrogens (primary N) is 1. The zero-order valence-corrected chi connectivity index (χ0v) is 8.98. The number of benzene rings is 1. The van der Waals surface area contributed by atoms with Gasteiger partial charge in [0.1, 0.15) is 0 Å². The lowest BCUT2D eigenvalue weighted by Gasteiger charge is -2.05. The number of rotatable bonds is 5. The predicted octanol–water partition coefficient (Wildman–Crippen LogP) is 0.894.